The predicted octanol–water partition coefficient (Wildman–Crippen LogP) is 4.66. The van der Waals surface area contributed by atoms with Gasteiger partial charge in [-0.15, -0.1) is 0 Å². The summed E-state index contributed by atoms with van der Waals surface area (Å²) in [5.41, 5.74) is 2.15. The second-order valence-corrected chi connectivity index (χ2v) is 7.12. The molecule has 0 bridgehead atoms. The first-order chi connectivity index (χ1) is 15.1. The van der Waals surface area contributed by atoms with E-state index in [1.54, 1.807) is 36.5 Å². The van der Waals surface area contributed by atoms with Crippen LogP contribution in [0.3, 0.4) is 0 Å². The molecule has 1 unspecified atom stereocenters. The molecule has 156 valence electrons. The van der Waals surface area contributed by atoms with E-state index in [0.717, 1.165) is 17.0 Å². The Labute approximate surface area is 180 Å². The fourth-order valence-electron chi connectivity index (χ4n) is 3.33. The third kappa shape index (κ3) is 4.80. The Morgan fingerprint density at radius 2 is 1.74 bits per heavy atom. The zero-order valence-electron chi connectivity index (χ0n) is 17.0. The van der Waals surface area contributed by atoms with E-state index in [4.69, 9.17) is 4.74 Å². The van der Waals surface area contributed by atoms with Crippen molar-refractivity contribution in [3.05, 3.63) is 120 Å². The summed E-state index contributed by atoms with van der Waals surface area (Å²) in [4.78, 5) is 17.7. The molecule has 6 heteroatoms. The summed E-state index contributed by atoms with van der Waals surface area (Å²) in [7, 11) is 1.89. The van der Waals surface area contributed by atoms with E-state index >= 15 is 0 Å². The van der Waals surface area contributed by atoms with Crippen LogP contribution in [-0.2, 0) is 13.7 Å². The molecule has 5 nitrogen and oxygen atoms in total. The van der Waals surface area contributed by atoms with Crippen LogP contribution in [0.25, 0.3) is 0 Å². The number of hydrogen-bond acceptors (Lipinski definition) is 3. The maximum absolute atomic E-state index is 13.2. The Hall–Kier alpha value is -3.93. The number of imidazole rings is 1. The van der Waals surface area contributed by atoms with Gasteiger partial charge in [0.1, 0.15) is 30.0 Å². The predicted molar refractivity (Wildman–Crippen MR) is 116 cm³/mol. The van der Waals surface area contributed by atoms with Crippen LogP contribution in [0, 0.1) is 5.82 Å². The number of aromatic nitrogens is 2. The van der Waals surface area contributed by atoms with Crippen LogP contribution in [-0.4, -0.2) is 15.5 Å². The van der Waals surface area contributed by atoms with Crippen LogP contribution in [0.4, 0.5) is 4.39 Å². The van der Waals surface area contributed by atoms with Gasteiger partial charge in [0.2, 0.25) is 0 Å². The fourth-order valence-corrected chi connectivity index (χ4v) is 3.33. The first kappa shape index (κ1) is 20.3. The highest BCUT2D eigenvalue weighted by Gasteiger charge is 2.23. The molecule has 1 aromatic heterocycles. The van der Waals surface area contributed by atoms with Gasteiger partial charge >= 0.3 is 0 Å². The molecule has 0 fully saturated rings. The molecule has 1 N–H and O–H groups in total. The monoisotopic (exact) mass is 415 g/mol. The van der Waals surface area contributed by atoms with Gasteiger partial charge in [0, 0.05) is 19.4 Å². The van der Waals surface area contributed by atoms with Gasteiger partial charge in [0.05, 0.1) is 5.56 Å². The topological polar surface area (TPSA) is 56.2 Å². The number of hydrogen-bond donors (Lipinski definition) is 1. The van der Waals surface area contributed by atoms with Gasteiger partial charge in [-0.3, -0.25) is 4.79 Å². The van der Waals surface area contributed by atoms with Gasteiger partial charge in [0.25, 0.3) is 5.91 Å². The lowest BCUT2D eigenvalue weighted by atomic mass is 10.1. The number of carbonyl (C=O) groups excluding carboxylic acids is 1. The second-order valence-electron chi connectivity index (χ2n) is 7.12. The van der Waals surface area contributed by atoms with Crippen LogP contribution in [0.15, 0.2) is 91.3 Å². The van der Waals surface area contributed by atoms with E-state index in [-0.39, 0.29) is 18.3 Å². The summed E-state index contributed by atoms with van der Waals surface area (Å²) < 4.78 is 20.9. The third-order valence-electron chi connectivity index (χ3n) is 4.96. The Morgan fingerprint density at radius 3 is 2.45 bits per heavy atom. The molecule has 0 radical (unpaired) electrons. The Kier molecular flexibility index (Phi) is 6.08. The average Bonchev–Trinajstić information content (AvgIpc) is 3.23. The van der Waals surface area contributed by atoms with Crippen molar-refractivity contribution < 1.29 is 13.9 Å². The van der Waals surface area contributed by atoms with Gasteiger partial charge < -0.3 is 14.6 Å². The molecule has 0 aliphatic carbocycles. The number of benzene rings is 3. The molecule has 31 heavy (non-hydrogen) atoms. The van der Waals surface area contributed by atoms with E-state index in [0.29, 0.717) is 11.3 Å². The second kappa shape index (κ2) is 9.26. The summed E-state index contributed by atoms with van der Waals surface area (Å²) in [6, 6.07) is 22.4. The van der Waals surface area contributed by atoms with Crippen molar-refractivity contribution in [3.8, 4) is 5.75 Å². The average molecular weight is 415 g/mol. The maximum Gasteiger partial charge on any atom is 0.255 e. The summed E-state index contributed by atoms with van der Waals surface area (Å²) in [6.07, 6.45) is 3.55. The van der Waals surface area contributed by atoms with Gasteiger partial charge in [-0.1, -0.05) is 54.6 Å². The van der Waals surface area contributed by atoms with E-state index in [1.807, 2.05) is 54.2 Å². The lowest BCUT2D eigenvalue weighted by molar-refractivity contribution is 0.0936. The minimum Gasteiger partial charge on any atom is -0.488 e. The van der Waals surface area contributed by atoms with E-state index in [1.165, 1.54) is 12.1 Å². The van der Waals surface area contributed by atoms with Crippen molar-refractivity contribution in [1.82, 2.24) is 14.9 Å². The molecule has 1 amide bonds. The first-order valence-electron chi connectivity index (χ1n) is 9.91. The summed E-state index contributed by atoms with van der Waals surface area (Å²) in [5.74, 6) is 0.608. The molecular weight excluding hydrogens is 393 g/mol. The lowest BCUT2D eigenvalue weighted by Crippen LogP contribution is -2.31. The van der Waals surface area contributed by atoms with Gasteiger partial charge in [0.15, 0.2) is 0 Å². The number of aryl methyl sites for hydroxylation is 1. The number of nitrogens with zero attached hydrogens (tertiary/aromatic N) is 2. The zero-order valence-corrected chi connectivity index (χ0v) is 17.0. The quantitative estimate of drug-likeness (QED) is 0.478. The van der Waals surface area contributed by atoms with Crippen molar-refractivity contribution in [2.24, 2.45) is 7.05 Å². The number of ether oxygens (including phenoxy) is 1. The molecule has 4 rings (SSSR count). The van der Waals surface area contributed by atoms with Crippen molar-refractivity contribution in [2.45, 2.75) is 12.6 Å². The molecule has 0 saturated carbocycles. The highest BCUT2D eigenvalue weighted by molar-refractivity contribution is 5.97. The summed E-state index contributed by atoms with van der Waals surface area (Å²) in [6.45, 7) is 0.228. The fraction of sp³-hybridized carbons (Fsp3) is 0.120. The van der Waals surface area contributed by atoms with E-state index in [2.05, 4.69) is 10.3 Å². The van der Waals surface area contributed by atoms with Crippen LogP contribution < -0.4 is 10.1 Å². The first-order valence-corrected chi connectivity index (χ1v) is 9.91. The summed E-state index contributed by atoms with van der Waals surface area (Å²) in [5, 5.41) is 3.09. The SMILES string of the molecule is Cn1ccnc1C(NC(=O)c1ccccc1OCc1ccc(F)cc1)c1ccccc1. The Balaban J connectivity index is 1.57. The van der Waals surface area contributed by atoms with Crippen LogP contribution in [0.2, 0.25) is 0 Å². The maximum atomic E-state index is 13.2. The number of para-hydroxylation sites is 1. The van der Waals surface area contributed by atoms with Crippen molar-refractivity contribution in [1.29, 1.82) is 0 Å². The van der Waals surface area contributed by atoms with Crippen molar-refractivity contribution in [3.63, 3.8) is 0 Å². The van der Waals surface area contributed by atoms with E-state index in [9.17, 15) is 9.18 Å². The molecule has 0 aliphatic heterocycles. The highest BCUT2D eigenvalue weighted by atomic mass is 19.1. The molecular formula is C25H22FN3O2. The molecule has 0 aliphatic rings. The number of amides is 1. The smallest absolute Gasteiger partial charge is 0.255 e. The van der Waals surface area contributed by atoms with Crippen LogP contribution >= 0.6 is 0 Å². The number of rotatable bonds is 7. The van der Waals surface area contributed by atoms with Gasteiger partial charge in [-0.25, -0.2) is 9.37 Å². The standard InChI is InChI=1S/C25H22FN3O2/c1-29-16-15-27-24(29)23(19-7-3-2-4-8-19)28-25(30)21-9-5-6-10-22(21)31-17-18-11-13-20(26)14-12-18/h2-16,23H,17H2,1H3,(H,28,30). The lowest BCUT2D eigenvalue weighted by Gasteiger charge is -2.20. The summed E-state index contributed by atoms with van der Waals surface area (Å²) >= 11 is 0. The minimum atomic E-state index is -0.418. The number of nitrogens with one attached hydrogen (secondary N) is 1. The van der Waals surface area contributed by atoms with E-state index < -0.39 is 6.04 Å². The number of halogens is 1. The molecule has 1 heterocycles. The zero-order chi connectivity index (χ0) is 21.6. The molecule has 0 spiro atoms. The molecule has 4 aromatic rings. The van der Waals surface area contributed by atoms with Crippen molar-refractivity contribution in [2.75, 3.05) is 0 Å². The molecule has 1 atom stereocenters. The number of carbonyl (C=O) groups is 1. The van der Waals surface area contributed by atoms with Crippen LogP contribution in [0.1, 0.15) is 33.4 Å². The largest absolute Gasteiger partial charge is 0.488 e. The molecule has 3 aromatic carbocycles. The van der Waals surface area contributed by atoms with Gasteiger partial charge in [-0.2, -0.15) is 0 Å². The highest BCUT2D eigenvalue weighted by Crippen LogP contribution is 2.24. The van der Waals surface area contributed by atoms with Crippen molar-refractivity contribution >= 4 is 5.91 Å². The Morgan fingerprint density at radius 1 is 1.03 bits per heavy atom. The Bertz CT molecular complexity index is 1160. The van der Waals surface area contributed by atoms with Crippen LogP contribution in [0.5, 0.6) is 5.75 Å². The normalized spacial score (nSPS) is 11.7. The minimum absolute atomic E-state index is 0.228. The third-order valence-corrected chi connectivity index (χ3v) is 4.96. The molecule has 0 saturated heterocycles. The van der Waals surface area contributed by atoms with Gasteiger partial charge in [-0.05, 0) is 35.4 Å².